The standard InChI is InChI=1S/C17H17N3O2S/c1-11(2)15-19-16-14(17(21)20(15)8-4-3-7-18)12(10-23-16)13-6-5-9-22-13/h5-6,9-11H,3-4,8H2,1-2H3. The number of thiophene rings is 1. The number of hydrogen-bond acceptors (Lipinski definition) is 5. The van der Waals surface area contributed by atoms with Crippen molar-refractivity contribution in [3.8, 4) is 17.4 Å². The van der Waals surface area contributed by atoms with Crippen molar-refractivity contribution >= 4 is 21.6 Å². The number of aromatic nitrogens is 2. The first-order chi connectivity index (χ1) is 11.1. The third-order valence-electron chi connectivity index (χ3n) is 3.70. The SMILES string of the molecule is CC(C)c1nc2scc(-c3ccco3)c2c(=O)n1CCCC#N. The second kappa shape index (κ2) is 6.39. The summed E-state index contributed by atoms with van der Waals surface area (Å²) in [6.07, 6.45) is 2.67. The highest BCUT2D eigenvalue weighted by Crippen LogP contribution is 2.32. The second-order valence-electron chi connectivity index (χ2n) is 5.65. The summed E-state index contributed by atoms with van der Waals surface area (Å²) in [5.74, 6) is 1.59. The Labute approximate surface area is 137 Å². The fraction of sp³-hybridized carbons (Fsp3) is 0.353. The Morgan fingerprint density at radius 1 is 1.48 bits per heavy atom. The minimum Gasteiger partial charge on any atom is -0.464 e. The first kappa shape index (κ1) is 15.5. The Morgan fingerprint density at radius 3 is 2.96 bits per heavy atom. The van der Waals surface area contributed by atoms with E-state index in [9.17, 15) is 4.79 Å². The topological polar surface area (TPSA) is 71.8 Å². The number of hydrogen-bond donors (Lipinski definition) is 0. The Hall–Kier alpha value is -2.39. The largest absolute Gasteiger partial charge is 0.464 e. The van der Waals surface area contributed by atoms with Crippen LogP contribution in [0.3, 0.4) is 0 Å². The molecule has 5 nitrogen and oxygen atoms in total. The minimum absolute atomic E-state index is 0.0516. The Kier molecular flexibility index (Phi) is 4.30. The van der Waals surface area contributed by atoms with Gasteiger partial charge in [-0.25, -0.2) is 4.98 Å². The van der Waals surface area contributed by atoms with Crippen molar-refractivity contribution in [2.75, 3.05) is 0 Å². The first-order valence-corrected chi connectivity index (χ1v) is 8.44. The second-order valence-corrected chi connectivity index (χ2v) is 6.51. The van der Waals surface area contributed by atoms with Crippen LogP contribution in [0.4, 0.5) is 0 Å². The van der Waals surface area contributed by atoms with Crippen LogP contribution in [0.5, 0.6) is 0 Å². The van der Waals surface area contributed by atoms with E-state index in [1.165, 1.54) is 11.3 Å². The van der Waals surface area contributed by atoms with Gasteiger partial charge in [0.2, 0.25) is 0 Å². The summed E-state index contributed by atoms with van der Waals surface area (Å²) in [6.45, 7) is 4.56. The van der Waals surface area contributed by atoms with Crippen LogP contribution in [-0.4, -0.2) is 9.55 Å². The fourth-order valence-corrected chi connectivity index (χ4v) is 3.55. The number of nitrogens with zero attached hydrogens (tertiary/aromatic N) is 3. The fourth-order valence-electron chi connectivity index (χ4n) is 2.63. The van der Waals surface area contributed by atoms with Crippen LogP contribution in [0.25, 0.3) is 21.5 Å². The molecule has 0 saturated carbocycles. The van der Waals surface area contributed by atoms with Gasteiger partial charge in [0, 0.05) is 29.8 Å². The Balaban J connectivity index is 2.21. The van der Waals surface area contributed by atoms with Gasteiger partial charge < -0.3 is 4.42 Å². The summed E-state index contributed by atoms with van der Waals surface area (Å²) in [7, 11) is 0. The maximum atomic E-state index is 13.0. The van der Waals surface area contributed by atoms with E-state index >= 15 is 0 Å². The maximum absolute atomic E-state index is 13.0. The van der Waals surface area contributed by atoms with Gasteiger partial charge in [0.15, 0.2) is 0 Å². The number of nitriles is 1. The van der Waals surface area contributed by atoms with Crippen LogP contribution in [0.15, 0.2) is 33.0 Å². The van der Waals surface area contributed by atoms with Crippen LogP contribution < -0.4 is 5.56 Å². The van der Waals surface area contributed by atoms with Crippen molar-refractivity contribution in [2.45, 2.75) is 39.2 Å². The number of unbranched alkanes of at least 4 members (excludes halogenated alkanes) is 1. The molecule has 3 aromatic rings. The van der Waals surface area contributed by atoms with E-state index < -0.39 is 0 Å². The van der Waals surface area contributed by atoms with Gasteiger partial charge in [-0.15, -0.1) is 11.3 Å². The van der Waals surface area contributed by atoms with Crippen molar-refractivity contribution in [1.82, 2.24) is 9.55 Å². The average Bonchev–Trinajstić information content (AvgIpc) is 3.17. The molecule has 0 saturated heterocycles. The third-order valence-corrected chi connectivity index (χ3v) is 4.57. The van der Waals surface area contributed by atoms with Crippen LogP contribution >= 0.6 is 11.3 Å². The highest BCUT2D eigenvalue weighted by atomic mass is 32.1. The van der Waals surface area contributed by atoms with Crippen molar-refractivity contribution < 1.29 is 4.42 Å². The molecule has 0 unspecified atom stereocenters. The highest BCUT2D eigenvalue weighted by molar-refractivity contribution is 7.17. The molecule has 0 amide bonds. The van der Waals surface area contributed by atoms with Gasteiger partial charge in [-0.1, -0.05) is 13.8 Å². The molecule has 0 atom stereocenters. The predicted molar refractivity (Wildman–Crippen MR) is 90.5 cm³/mol. The number of fused-ring (bicyclic) bond motifs is 1. The lowest BCUT2D eigenvalue weighted by Gasteiger charge is -2.14. The molecule has 0 N–H and O–H groups in total. The van der Waals surface area contributed by atoms with Crippen LogP contribution in [-0.2, 0) is 6.54 Å². The van der Waals surface area contributed by atoms with Crippen LogP contribution in [0.2, 0.25) is 0 Å². The summed E-state index contributed by atoms with van der Waals surface area (Å²) in [5, 5.41) is 11.3. The number of furan rings is 1. The van der Waals surface area contributed by atoms with Crippen LogP contribution in [0.1, 0.15) is 38.4 Å². The minimum atomic E-state index is -0.0516. The van der Waals surface area contributed by atoms with E-state index in [2.05, 4.69) is 6.07 Å². The maximum Gasteiger partial charge on any atom is 0.263 e. The molecule has 0 aliphatic rings. The zero-order valence-corrected chi connectivity index (χ0v) is 13.9. The molecule has 3 aromatic heterocycles. The quantitative estimate of drug-likeness (QED) is 0.660. The Bertz CT molecular complexity index is 914. The molecule has 0 fully saturated rings. The molecule has 23 heavy (non-hydrogen) atoms. The van der Waals surface area contributed by atoms with E-state index in [0.717, 1.165) is 16.2 Å². The predicted octanol–water partition coefficient (Wildman–Crippen LogP) is 4.15. The monoisotopic (exact) mass is 327 g/mol. The zero-order chi connectivity index (χ0) is 16.4. The van der Waals surface area contributed by atoms with Gasteiger partial charge in [-0.2, -0.15) is 5.26 Å². The molecule has 0 bridgehead atoms. The molecule has 3 rings (SSSR count). The van der Waals surface area contributed by atoms with Crippen molar-refractivity contribution in [3.63, 3.8) is 0 Å². The average molecular weight is 327 g/mol. The normalized spacial score (nSPS) is 11.2. The lowest BCUT2D eigenvalue weighted by molar-refractivity contribution is 0.567. The van der Waals surface area contributed by atoms with E-state index in [-0.39, 0.29) is 11.5 Å². The summed E-state index contributed by atoms with van der Waals surface area (Å²) in [5.41, 5.74) is 0.737. The zero-order valence-electron chi connectivity index (χ0n) is 13.1. The molecule has 0 aromatic carbocycles. The van der Waals surface area contributed by atoms with Gasteiger partial charge >= 0.3 is 0 Å². The van der Waals surface area contributed by atoms with E-state index in [1.807, 2.05) is 25.3 Å². The van der Waals surface area contributed by atoms with Crippen LogP contribution in [0, 0.1) is 11.3 Å². The first-order valence-electron chi connectivity index (χ1n) is 7.56. The smallest absolute Gasteiger partial charge is 0.263 e. The molecular formula is C17H17N3O2S. The molecule has 0 radical (unpaired) electrons. The lowest BCUT2D eigenvalue weighted by atomic mass is 10.1. The van der Waals surface area contributed by atoms with Gasteiger partial charge in [0.05, 0.1) is 17.7 Å². The molecule has 0 spiro atoms. The molecule has 6 heteroatoms. The highest BCUT2D eigenvalue weighted by Gasteiger charge is 2.19. The van der Waals surface area contributed by atoms with E-state index in [1.54, 1.807) is 16.9 Å². The molecule has 118 valence electrons. The summed E-state index contributed by atoms with van der Waals surface area (Å²) in [4.78, 5) is 18.5. The summed E-state index contributed by atoms with van der Waals surface area (Å²) < 4.78 is 7.16. The van der Waals surface area contributed by atoms with Gasteiger partial charge in [0.1, 0.15) is 16.4 Å². The van der Waals surface area contributed by atoms with Crippen molar-refractivity contribution in [2.24, 2.45) is 0 Å². The van der Waals surface area contributed by atoms with Gasteiger partial charge in [0.25, 0.3) is 5.56 Å². The molecule has 3 heterocycles. The lowest BCUT2D eigenvalue weighted by Crippen LogP contribution is -2.26. The van der Waals surface area contributed by atoms with E-state index in [0.29, 0.717) is 30.5 Å². The number of rotatable bonds is 5. The molecule has 0 aliphatic heterocycles. The van der Waals surface area contributed by atoms with Gasteiger partial charge in [-0.3, -0.25) is 9.36 Å². The molecular weight excluding hydrogens is 310 g/mol. The molecule has 0 aliphatic carbocycles. The van der Waals surface area contributed by atoms with E-state index in [4.69, 9.17) is 14.7 Å². The summed E-state index contributed by atoms with van der Waals surface area (Å²) >= 11 is 1.46. The van der Waals surface area contributed by atoms with Crippen molar-refractivity contribution in [3.05, 3.63) is 40.0 Å². The Morgan fingerprint density at radius 2 is 2.30 bits per heavy atom. The third kappa shape index (κ3) is 2.80. The van der Waals surface area contributed by atoms with Gasteiger partial charge in [-0.05, 0) is 18.6 Å². The summed E-state index contributed by atoms with van der Waals surface area (Å²) in [6, 6.07) is 5.77. The van der Waals surface area contributed by atoms with Crippen molar-refractivity contribution in [1.29, 1.82) is 5.26 Å².